The Bertz CT molecular complexity index is 1420. The average Bonchev–Trinajstić information content (AvgIpc) is 3.06. The molecule has 0 unspecified atom stereocenters. The van der Waals surface area contributed by atoms with Gasteiger partial charge in [0.05, 0.1) is 5.69 Å². The van der Waals surface area contributed by atoms with Crippen LogP contribution in [0.2, 0.25) is 0 Å². The first-order valence-corrected chi connectivity index (χ1v) is 10.3. The third-order valence-electron chi connectivity index (χ3n) is 5.65. The number of amides is 2. The molecule has 1 aromatic heterocycles. The Morgan fingerprint density at radius 3 is 2.71 bits per heavy atom. The Morgan fingerprint density at radius 1 is 1.03 bits per heavy atom. The molecule has 2 amide bonds. The maximum Gasteiger partial charge on any atom is 0.349 e. The summed E-state index contributed by atoms with van der Waals surface area (Å²) in [6.07, 6.45) is 1.91. The zero-order valence-electron chi connectivity index (χ0n) is 17.0. The van der Waals surface area contributed by atoms with Gasteiger partial charge in [0, 0.05) is 34.0 Å². The molecule has 0 bridgehead atoms. The van der Waals surface area contributed by atoms with Crippen LogP contribution in [0.25, 0.3) is 21.7 Å². The molecule has 0 spiro atoms. The molecule has 0 fully saturated rings. The van der Waals surface area contributed by atoms with Crippen molar-refractivity contribution in [1.29, 1.82) is 0 Å². The van der Waals surface area contributed by atoms with Gasteiger partial charge in [-0.1, -0.05) is 43.7 Å². The highest BCUT2D eigenvalue weighted by atomic mass is 16.4. The van der Waals surface area contributed by atoms with Crippen LogP contribution in [0.4, 0.5) is 11.4 Å². The third-order valence-corrected chi connectivity index (χ3v) is 5.65. The number of rotatable bonds is 5. The van der Waals surface area contributed by atoms with Crippen LogP contribution in [-0.4, -0.2) is 18.4 Å². The van der Waals surface area contributed by atoms with Crippen LogP contribution in [0, 0.1) is 0 Å². The second kappa shape index (κ2) is 7.40. The van der Waals surface area contributed by atoms with Crippen LogP contribution in [-0.2, 0) is 0 Å². The summed E-state index contributed by atoms with van der Waals surface area (Å²) in [6.45, 7) is 2.74. The molecule has 1 N–H and O–H groups in total. The van der Waals surface area contributed by atoms with Crippen LogP contribution in [0.1, 0.15) is 40.5 Å². The Balaban J connectivity index is 1.55. The highest BCUT2D eigenvalue weighted by Crippen LogP contribution is 2.40. The fraction of sp³-hybridized carbons (Fsp3) is 0.160. The zero-order valence-corrected chi connectivity index (χ0v) is 17.0. The van der Waals surface area contributed by atoms with Gasteiger partial charge in [-0.3, -0.25) is 9.59 Å². The summed E-state index contributed by atoms with van der Waals surface area (Å²) in [7, 11) is 0. The number of carbonyl (C=O) groups is 2. The van der Waals surface area contributed by atoms with Gasteiger partial charge < -0.3 is 14.6 Å². The molecule has 31 heavy (non-hydrogen) atoms. The van der Waals surface area contributed by atoms with Crippen molar-refractivity contribution < 1.29 is 14.0 Å². The molecule has 1 aliphatic heterocycles. The fourth-order valence-corrected chi connectivity index (χ4v) is 4.10. The average molecular weight is 412 g/mol. The number of carbonyl (C=O) groups excluding carboxylic acids is 2. The van der Waals surface area contributed by atoms with Crippen LogP contribution < -0.4 is 15.8 Å². The first kappa shape index (κ1) is 19.1. The number of anilines is 2. The molecular formula is C25H20N2O4. The molecule has 4 aromatic rings. The molecule has 0 aliphatic carbocycles. The van der Waals surface area contributed by atoms with Gasteiger partial charge in [0.1, 0.15) is 11.1 Å². The van der Waals surface area contributed by atoms with Crippen molar-refractivity contribution in [3.8, 4) is 0 Å². The Kier molecular flexibility index (Phi) is 4.55. The van der Waals surface area contributed by atoms with Crippen LogP contribution >= 0.6 is 0 Å². The van der Waals surface area contributed by atoms with Gasteiger partial charge in [-0.05, 0) is 36.8 Å². The summed E-state index contributed by atoms with van der Waals surface area (Å²) < 4.78 is 5.29. The van der Waals surface area contributed by atoms with Gasteiger partial charge in [-0.2, -0.15) is 0 Å². The van der Waals surface area contributed by atoms with Crippen molar-refractivity contribution in [2.75, 3.05) is 16.8 Å². The number of nitrogens with one attached hydrogen (secondary N) is 1. The monoisotopic (exact) mass is 412 g/mol. The van der Waals surface area contributed by atoms with E-state index in [9.17, 15) is 14.4 Å². The quantitative estimate of drug-likeness (QED) is 0.470. The summed E-state index contributed by atoms with van der Waals surface area (Å²) in [5, 5.41) is 5.09. The van der Waals surface area contributed by atoms with Crippen LogP contribution in [0.15, 0.2) is 69.9 Å². The Hall–Kier alpha value is -3.93. The van der Waals surface area contributed by atoms with Crippen molar-refractivity contribution in [3.63, 3.8) is 0 Å². The molecule has 0 saturated carbocycles. The summed E-state index contributed by atoms with van der Waals surface area (Å²) in [5.74, 6) is -0.569. The fourth-order valence-electron chi connectivity index (χ4n) is 4.10. The van der Waals surface area contributed by atoms with E-state index >= 15 is 0 Å². The van der Waals surface area contributed by atoms with Gasteiger partial charge in [0.2, 0.25) is 0 Å². The number of hydrogen-bond acceptors (Lipinski definition) is 4. The van der Waals surface area contributed by atoms with E-state index in [1.165, 1.54) is 6.07 Å². The number of para-hydroxylation sites is 1. The maximum atomic E-state index is 12.9. The summed E-state index contributed by atoms with van der Waals surface area (Å²) >= 11 is 0. The molecule has 1 aliphatic rings. The number of fused-ring (bicyclic) bond motifs is 1. The Labute approximate surface area is 178 Å². The van der Waals surface area contributed by atoms with E-state index in [0.29, 0.717) is 28.8 Å². The van der Waals surface area contributed by atoms with E-state index in [2.05, 4.69) is 12.2 Å². The van der Waals surface area contributed by atoms with E-state index in [4.69, 9.17) is 4.42 Å². The van der Waals surface area contributed by atoms with Gasteiger partial charge in [-0.15, -0.1) is 0 Å². The lowest BCUT2D eigenvalue weighted by molar-refractivity contribution is 0.0990. The van der Waals surface area contributed by atoms with Gasteiger partial charge in [0.25, 0.3) is 11.8 Å². The molecule has 2 heterocycles. The Morgan fingerprint density at radius 2 is 1.87 bits per heavy atom. The predicted octanol–water partition coefficient (Wildman–Crippen LogP) is 4.96. The normalized spacial score (nSPS) is 12.7. The number of unbranched alkanes of at least 4 members (excludes halogenated alkanes) is 1. The second-order valence-corrected chi connectivity index (χ2v) is 7.61. The summed E-state index contributed by atoms with van der Waals surface area (Å²) in [6, 6.07) is 17.7. The maximum absolute atomic E-state index is 12.9. The molecule has 6 heteroatoms. The molecule has 6 nitrogen and oxygen atoms in total. The van der Waals surface area contributed by atoms with Crippen molar-refractivity contribution in [2.45, 2.75) is 19.8 Å². The summed E-state index contributed by atoms with van der Waals surface area (Å²) in [4.78, 5) is 40.0. The van der Waals surface area contributed by atoms with Crippen molar-refractivity contribution in [2.24, 2.45) is 0 Å². The van der Waals surface area contributed by atoms with E-state index in [1.807, 2.05) is 30.3 Å². The highest BCUT2D eigenvalue weighted by Gasteiger charge is 2.30. The topological polar surface area (TPSA) is 79.6 Å². The third kappa shape index (κ3) is 3.08. The van der Waals surface area contributed by atoms with E-state index < -0.39 is 11.5 Å². The van der Waals surface area contributed by atoms with Crippen LogP contribution in [0.3, 0.4) is 0 Å². The van der Waals surface area contributed by atoms with Gasteiger partial charge in [0.15, 0.2) is 0 Å². The first-order chi connectivity index (χ1) is 15.1. The lowest BCUT2D eigenvalue weighted by Crippen LogP contribution is -2.27. The molecule has 0 radical (unpaired) electrons. The highest BCUT2D eigenvalue weighted by molar-refractivity contribution is 6.27. The van der Waals surface area contributed by atoms with Crippen LogP contribution in [0.5, 0.6) is 0 Å². The molecule has 0 saturated heterocycles. The van der Waals surface area contributed by atoms with Crippen molar-refractivity contribution in [1.82, 2.24) is 0 Å². The standard InChI is InChI=1S/C25H20N2O4/c1-2-3-13-27-20-12-11-19(16-8-6-9-17(22(16)20)24(27)29)26-23(28)18-14-15-7-4-5-10-21(15)31-25(18)30/h4-12,14H,2-3,13H2,1H3,(H,26,28). The predicted molar refractivity (Wildman–Crippen MR) is 121 cm³/mol. The minimum atomic E-state index is -0.692. The molecule has 154 valence electrons. The zero-order chi connectivity index (χ0) is 21.5. The second-order valence-electron chi connectivity index (χ2n) is 7.61. The summed E-state index contributed by atoms with van der Waals surface area (Å²) in [5.41, 5.74) is 1.70. The minimum absolute atomic E-state index is 0.0206. The molecule has 0 atom stereocenters. The van der Waals surface area contributed by atoms with Gasteiger partial charge >= 0.3 is 5.63 Å². The largest absolute Gasteiger partial charge is 0.422 e. The number of hydrogen-bond donors (Lipinski definition) is 1. The van der Waals surface area contributed by atoms with E-state index in [1.54, 1.807) is 29.2 Å². The van der Waals surface area contributed by atoms with Crippen molar-refractivity contribution >= 4 is 44.9 Å². The van der Waals surface area contributed by atoms with E-state index in [0.717, 1.165) is 29.3 Å². The molecule has 5 rings (SSSR count). The lowest BCUT2D eigenvalue weighted by Gasteiger charge is -2.17. The lowest BCUT2D eigenvalue weighted by atomic mass is 10.0. The van der Waals surface area contributed by atoms with E-state index in [-0.39, 0.29) is 11.5 Å². The molecule has 3 aromatic carbocycles. The minimum Gasteiger partial charge on any atom is -0.422 e. The smallest absolute Gasteiger partial charge is 0.349 e. The number of nitrogens with zero attached hydrogens (tertiary/aromatic N) is 1. The molecular weight excluding hydrogens is 392 g/mol. The first-order valence-electron chi connectivity index (χ1n) is 10.3. The van der Waals surface area contributed by atoms with Gasteiger partial charge in [-0.25, -0.2) is 4.79 Å². The SMILES string of the molecule is CCCCN1C(=O)c2cccc3c(NC(=O)c4cc5ccccc5oc4=O)ccc1c23. The number of benzene rings is 3. The van der Waals surface area contributed by atoms with Crippen molar-refractivity contribution in [3.05, 3.63) is 82.2 Å².